The molecule has 18 heavy (non-hydrogen) atoms. The van der Waals surface area contributed by atoms with Crippen molar-refractivity contribution in [3.63, 3.8) is 0 Å². The van der Waals surface area contributed by atoms with Gasteiger partial charge in [-0.2, -0.15) is 0 Å². The van der Waals surface area contributed by atoms with Crippen molar-refractivity contribution in [3.8, 4) is 0 Å². The highest BCUT2D eigenvalue weighted by molar-refractivity contribution is 5.97. The highest BCUT2D eigenvalue weighted by Crippen LogP contribution is 2.17. The number of hydrogen-bond donors (Lipinski definition) is 1. The minimum atomic E-state index is -0.0995. The Balaban J connectivity index is 2.07. The van der Waals surface area contributed by atoms with E-state index < -0.39 is 0 Å². The molecule has 1 aromatic heterocycles. The number of hydrogen-bond acceptors (Lipinski definition) is 4. The molecule has 1 aliphatic rings. The number of carbonyl (C=O) groups excluding carboxylic acids is 1. The van der Waals surface area contributed by atoms with Crippen LogP contribution in [0.15, 0.2) is 18.3 Å². The van der Waals surface area contributed by atoms with Crippen molar-refractivity contribution >= 4 is 11.6 Å². The molecule has 1 amide bonds. The van der Waals surface area contributed by atoms with Gasteiger partial charge in [-0.05, 0) is 31.9 Å². The van der Waals surface area contributed by atoms with Gasteiger partial charge in [-0.1, -0.05) is 0 Å². The average molecular weight is 249 g/mol. The number of nitrogens with zero attached hydrogens (tertiary/aromatic N) is 2. The first kappa shape index (κ1) is 12.8. The lowest BCUT2D eigenvalue weighted by molar-refractivity contribution is 0.00707. The third-order valence-electron chi connectivity index (χ3n) is 3.11. The molecule has 1 atom stereocenters. The second-order valence-corrected chi connectivity index (χ2v) is 4.41. The lowest BCUT2D eigenvalue weighted by atomic mass is 10.1. The fourth-order valence-electron chi connectivity index (χ4n) is 2.24. The van der Waals surface area contributed by atoms with Gasteiger partial charge < -0.3 is 15.4 Å². The number of rotatable bonds is 3. The number of ether oxygens (including phenoxy) is 1. The molecule has 0 bridgehead atoms. The van der Waals surface area contributed by atoms with Crippen LogP contribution in [0.2, 0.25) is 0 Å². The predicted octanol–water partition coefficient (Wildman–Crippen LogP) is 1.30. The normalized spacial score (nSPS) is 19.8. The van der Waals surface area contributed by atoms with Gasteiger partial charge in [0.2, 0.25) is 0 Å². The number of nitrogens with two attached hydrogens (primary N) is 1. The van der Waals surface area contributed by atoms with Crippen molar-refractivity contribution in [3.05, 3.63) is 24.0 Å². The predicted molar refractivity (Wildman–Crippen MR) is 69.2 cm³/mol. The summed E-state index contributed by atoms with van der Waals surface area (Å²) in [5.41, 5.74) is 6.55. The minimum absolute atomic E-state index is 0.0995. The van der Waals surface area contributed by atoms with Crippen LogP contribution in [0, 0.1) is 0 Å². The molecule has 2 rings (SSSR count). The van der Waals surface area contributed by atoms with Gasteiger partial charge in [0.05, 0.1) is 11.8 Å². The highest BCUT2D eigenvalue weighted by Gasteiger charge is 2.26. The number of amides is 1. The average Bonchev–Trinajstić information content (AvgIpc) is 2.39. The maximum absolute atomic E-state index is 12.3. The Labute approximate surface area is 107 Å². The zero-order chi connectivity index (χ0) is 13.0. The van der Waals surface area contributed by atoms with Crippen LogP contribution in [0.25, 0.3) is 0 Å². The van der Waals surface area contributed by atoms with Crippen LogP contribution in [0.3, 0.4) is 0 Å². The first-order valence-corrected chi connectivity index (χ1v) is 6.33. The molecular weight excluding hydrogens is 230 g/mol. The van der Waals surface area contributed by atoms with Gasteiger partial charge in [0, 0.05) is 25.9 Å². The van der Waals surface area contributed by atoms with E-state index in [0.717, 1.165) is 19.4 Å². The first-order chi connectivity index (χ1) is 8.72. The molecule has 0 radical (unpaired) electrons. The Morgan fingerprint density at radius 2 is 2.50 bits per heavy atom. The van der Waals surface area contributed by atoms with Gasteiger partial charge in [0.15, 0.2) is 5.69 Å². The van der Waals surface area contributed by atoms with E-state index in [0.29, 0.717) is 24.5 Å². The monoisotopic (exact) mass is 249 g/mol. The molecule has 98 valence electrons. The van der Waals surface area contributed by atoms with E-state index in [2.05, 4.69) is 4.98 Å². The van der Waals surface area contributed by atoms with Gasteiger partial charge in [-0.15, -0.1) is 0 Å². The second-order valence-electron chi connectivity index (χ2n) is 4.41. The zero-order valence-electron chi connectivity index (χ0n) is 10.6. The van der Waals surface area contributed by atoms with Crippen LogP contribution >= 0.6 is 0 Å². The summed E-state index contributed by atoms with van der Waals surface area (Å²) in [6, 6.07) is 3.43. The molecule has 0 aromatic carbocycles. The van der Waals surface area contributed by atoms with Crippen LogP contribution < -0.4 is 5.73 Å². The van der Waals surface area contributed by atoms with Crippen molar-refractivity contribution in [2.24, 2.45) is 0 Å². The van der Waals surface area contributed by atoms with Gasteiger partial charge >= 0.3 is 0 Å². The fourth-order valence-corrected chi connectivity index (χ4v) is 2.24. The molecule has 5 nitrogen and oxygen atoms in total. The minimum Gasteiger partial charge on any atom is -0.397 e. The van der Waals surface area contributed by atoms with E-state index in [9.17, 15) is 4.79 Å². The highest BCUT2D eigenvalue weighted by atomic mass is 16.5. The van der Waals surface area contributed by atoms with Crippen molar-refractivity contribution in [2.45, 2.75) is 25.9 Å². The smallest absolute Gasteiger partial charge is 0.274 e. The zero-order valence-corrected chi connectivity index (χ0v) is 10.6. The van der Waals surface area contributed by atoms with Crippen molar-refractivity contribution in [1.82, 2.24) is 9.88 Å². The van der Waals surface area contributed by atoms with Crippen molar-refractivity contribution < 1.29 is 9.53 Å². The summed E-state index contributed by atoms with van der Waals surface area (Å²) < 4.78 is 5.58. The molecule has 1 fully saturated rings. The van der Waals surface area contributed by atoms with Gasteiger partial charge in [0.1, 0.15) is 0 Å². The summed E-state index contributed by atoms with van der Waals surface area (Å²) in [6.45, 7) is 4.02. The third-order valence-corrected chi connectivity index (χ3v) is 3.11. The van der Waals surface area contributed by atoms with Crippen LogP contribution in [0.5, 0.6) is 0 Å². The maximum Gasteiger partial charge on any atom is 0.274 e. The number of piperidine rings is 1. The standard InChI is InChI=1S/C13H19N3O2/c1-2-18-10-5-4-8-16(9-10)13(17)12-11(14)6-3-7-15-12/h3,6-7,10H,2,4-5,8-9,14H2,1H3. The van der Waals surface area contributed by atoms with E-state index in [-0.39, 0.29) is 12.0 Å². The molecular formula is C13H19N3O2. The van der Waals surface area contributed by atoms with Crippen molar-refractivity contribution in [1.29, 1.82) is 0 Å². The van der Waals surface area contributed by atoms with E-state index in [4.69, 9.17) is 10.5 Å². The Hall–Kier alpha value is -1.62. The topological polar surface area (TPSA) is 68.5 Å². The molecule has 0 aliphatic carbocycles. The summed E-state index contributed by atoms with van der Waals surface area (Å²) in [7, 11) is 0. The van der Waals surface area contributed by atoms with Crippen LogP contribution in [-0.2, 0) is 4.74 Å². The van der Waals surface area contributed by atoms with Gasteiger partial charge in [-0.3, -0.25) is 4.79 Å². The van der Waals surface area contributed by atoms with Crippen LogP contribution in [-0.4, -0.2) is 41.6 Å². The van der Waals surface area contributed by atoms with Gasteiger partial charge in [-0.25, -0.2) is 4.98 Å². The number of likely N-dealkylation sites (tertiary alicyclic amines) is 1. The quantitative estimate of drug-likeness (QED) is 0.876. The molecule has 2 heterocycles. The largest absolute Gasteiger partial charge is 0.397 e. The fraction of sp³-hybridized carbons (Fsp3) is 0.538. The molecule has 1 aliphatic heterocycles. The van der Waals surface area contributed by atoms with Gasteiger partial charge in [0.25, 0.3) is 5.91 Å². The molecule has 0 spiro atoms. The molecule has 1 saturated heterocycles. The Morgan fingerprint density at radius 1 is 1.67 bits per heavy atom. The van der Waals surface area contributed by atoms with E-state index in [1.165, 1.54) is 0 Å². The van der Waals surface area contributed by atoms with E-state index in [1.54, 1.807) is 23.2 Å². The first-order valence-electron chi connectivity index (χ1n) is 6.33. The third kappa shape index (κ3) is 2.79. The SMILES string of the molecule is CCOC1CCCN(C(=O)c2ncccc2N)C1. The Kier molecular flexibility index (Phi) is 4.15. The number of pyridine rings is 1. The summed E-state index contributed by atoms with van der Waals surface area (Å²) in [5, 5.41) is 0. The molecule has 2 N–H and O–H groups in total. The summed E-state index contributed by atoms with van der Waals surface area (Å²) >= 11 is 0. The lowest BCUT2D eigenvalue weighted by Gasteiger charge is -2.32. The molecule has 1 aromatic rings. The van der Waals surface area contributed by atoms with E-state index in [1.807, 2.05) is 6.92 Å². The Bertz CT molecular complexity index is 420. The molecule has 5 heteroatoms. The number of nitrogen functional groups attached to an aromatic ring is 1. The molecule has 1 unspecified atom stereocenters. The summed E-state index contributed by atoms with van der Waals surface area (Å²) in [6.07, 6.45) is 3.70. The van der Waals surface area contributed by atoms with Crippen LogP contribution in [0.1, 0.15) is 30.3 Å². The van der Waals surface area contributed by atoms with Crippen LogP contribution in [0.4, 0.5) is 5.69 Å². The van der Waals surface area contributed by atoms with E-state index >= 15 is 0 Å². The molecule has 0 saturated carbocycles. The summed E-state index contributed by atoms with van der Waals surface area (Å²) in [5.74, 6) is -0.0995. The number of aromatic nitrogens is 1. The summed E-state index contributed by atoms with van der Waals surface area (Å²) in [4.78, 5) is 18.1. The van der Waals surface area contributed by atoms with Crippen molar-refractivity contribution in [2.75, 3.05) is 25.4 Å². The second kappa shape index (κ2) is 5.82. The lowest BCUT2D eigenvalue weighted by Crippen LogP contribution is -2.43. The maximum atomic E-state index is 12.3. The number of carbonyl (C=O) groups is 1. The Morgan fingerprint density at radius 3 is 3.22 bits per heavy atom. The number of anilines is 1.